The van der Waals surface area contributed by atoms with Gasteiger partial charge < -0.3 is 4.74 Å². The molecule has 0 amide bonds. The van der Waals surface area contributed by atoms with Crippen LogP contribution in [0.1, 0.15) is 73.2 Å². The molecule has 21 heavy (non-hydrogen) atoms. The van der Waals surface area contributed by atoms with Crippen molar-refractivity contribution >= 4 is 17.1 Å². The molecule has 0 aromatic carbocycles. The van der Waals surface area contributed by atoms with Crippen molar-refractivity contribution in [1.82, 2.24) is 4.98 Å². The monoisotopic (exact) mass is 307 g/mol. The molecule has 116 valence electrons. The molecule has 0 spiro atoms. The summed E-state index contributed by atoms with van der Waals surface area (Å²) in [4.78, 5) is 18.1. The van der Waals surface area contributed by atoms with Gasteiger partial charge in [0.25, 0.3) is 0 Å². The van der Waals surface area contributed by atoms with Gasteiger partial charge in [0.15, 0.2) is 5.78 Å². The minimum atomic E-state index is -0.260. The molecule has 1 aromatic rings. The molecule has 2 atom stereocenters. The lowest BCUT2D eigenvalue weighted by Crippen LogP contribution is -2.34. The Morgan fingerprint density at radius 1 is 1.33 bits per heavy atom. The Morgan fingerprint density at radius 2 is 2.10 bits per heavy atom. The standard InChI is InChI=1S/C17H25NO2S/c1-11-6-5-7-17(8-11,20-4)15-18-12-9-16(2,3)10-13(19)14(12)21-15/h11H,5-10H2,1-4H3. The summed E-state index contributed by atoms with van der Waals surface area (Å²) in [6.07, 6.45) is 6.03. The van der Waals surface area contributed by atoms with Crippen molar-refractivity contribution in [2.75, 3.05) is 7.11 Å². The Kier molecular flexibility index (Phi) is 3.73. The molecule has 0 N–H and O–H groups in total. The van der Waals surface area contributed by atoms with E-state index in [4.69, 9.17) is 9.72 Å². The summed E-state index contributed by atoms with van der Waals surface area (Å²) in [6.45, 7) is 6.60. The molecule has 1 aromatic heterocycles. The maximum absolute atomic E-state index is 12.4. The third-order valence-electron chi connectivity index (χ3n) is 4.97. The predicted molar refractivity (Wildman–Crippen MR) is 84.9 cm³/mol. The number of ketones is 1. The second kappa shape index (κ2) is 5.17. The first-order valence-electron chi connectivity index (χ1n) is 7.94. The number of carbonyl (C=O) groups excluding carboxylic acids is 1. The van der Waals surface area contributed by atoms with E-state index in [1.165, 1.54) is 12.8 Å². The van der Waals surface area contributed by atoms with Gasteiger partial charge in [-0.2, -0.15) is 0 Å². The van der Waals surface area contributed by atoms with E-state index in [2.05, 4.69) is 20.8 Å². The smallest absolute Gasteiger partial charge is 0.175 e. The largest absolute Gasteiger partial charge is 0.371 e. The highest BCUT2D eigenvalue weighted by atomic mass is 32.1. The first-order valence-corrected chi connectivity index (χ1v) is 8.75. The zero-order valence-corrected chi connectivity index (χ0v) is 14.3. The molecule has 0 bridgehead atoms. The first kappa shape index (κ1) is 15.2. The highest BCUT2D eigenvalue weighted by Crippen LogP contribution is 2.46. The third kappa shape index (κ3) is 2.68. The number of rotatable bonds is 2. The lowest BCUT2D eigenvalue weighted by molar-refractivity contribution is -0.0581. The summed E-state index contributed by atoms with van der Waals surface area (Å²) in [5, 5.41) is 1.03. The number of hydrogen-bond donors (Lipinski definition) is 0. The first-order chi connectivity index (χ1) is 9.85. The van der Waals surface area contributed by atoms with E-state index < -0.39 is 0 Å². The van der Waals surface area contributed by atoms with Crippen molar-refractivity contribution in [1.29, 1.82) is 0 Å². The van der Waals surface area contributed by atoms with Gasteiger partial charge in [0.1, 0.15) is 10.6 Å². The van der Waals surface area contributed by atoms with E-state index in [1.54, 1.807) is 18.4 Å². The molecular weight excluding hydrogens is 282 g/mol. The maximum Gasteiger partial charge on any atom is 0.175 e. The second-order valence-corrected chi connectivity index (χ2v) is 8.63. The second-order valence-electron chi connectivity index (χ2n) is 7.64. The number of ether oxygens (including phenoxy) is 1. The van der Waals surface area contributed by atoms with Crippen LogP contribution < -0.4 is 0 Å². The lowest BCUT2D eigenvalue weighted by atomic mass is 9.77. The van der Waals surface area contributed by atoms with Crippen molar-refractivity contribution in [2.24, 2.45) is 11.3 Å². The molecule has 3 rings (SSSR count). The molecule has 4 heteroatoms. The van der Waals surface area contributed by atoms with Crippen LogP contribution in [0, 0.1) is 11.3 Å². The fraction of sp³-hybridized carbons (Fsp3) is 0.765. The Labute approximate surface area is 131 Å². The normalized spacial score (nSPS) is 32.0. The Balaban J connectivity index is 1.99. The molecule has 0 aliphatic heterocycles. The van der Waals surface area contributed by atoms with Gasteiger partial charge in [0, 0.05) is 13.5 Å². The minimum absolute atomic E-state index is 0.0372. The van der Waals surface area contributed by atoms with Gasteiger partial charge in [-0.05, 0) is 37.0 Å². The van der Waals surface area contributed by atoms with Crippen LogP contribution in [-0.4, -0.2) is 17.9 Å². The summed E-state index contributed by atoms with van der Waals surface area (Å²) in [7, 11) is 1.80. The van der Waals surface area contributed by atoms with E-state index in [1.807, 2.05) is 0 Å². The zero-order chi connectivity index (χ0) is 15.3. The van der Waals surface area contributed by atoms with Crippen LogP contribution in [-0.2, 0) is 16.8 Å². The molecule has 2 unspecified atom stereocenters. The van der Waals surface area contributed by atoms with Gasteiger partial charge >= 0.3 is 0 Å². The Bertz CT molecular complexity index is 563. The van der Waals surface area contributed by atoms with E-state index in [9.17, 15) is 4.79 Å². The van der Waals surface area contributed by atoms with E-state index in [-0.39, 0.29) is 16.8 Å². The van der Waals surface area contributed by atoms with Crippen LogP contribution in [0.4, 0.5) is 0 Å². The van der Waals surface area contributed by atoms with Crippen molar-refractivity contribution in [3.8, 4) is 0 Å². The number of thiazole rings is 1. The summed E-state index contributed by atoms with van der Waals surface area (Å²) in [6, 6.07) is 0. The fourth-order valence-electron chi connectivity index (χ4n) is 3.89. The van der Waals surface area contributed by atoms with Gasteiger partial charge in [0.05, 0.1) is 10.6 Å². The number of carbonyl (C=O) groups is 1. The summed E-state index contributed by atoms with van der Waals surface area (Å²) >= 11 is 1.59. The highest BCUT2D eigenvalue weighted by Gasteiger charge is 2.42. The molecule has 1 heterocycles. The van der Waals surface area contributed by atoms with E-state index in [0.29, 0.717) is 12.3 Å². The van der Waals surface area contributed by atoms with E-state index >= 15 is 0 Å². The quantitative estimate of drug-likeness (QED) is 0.815. The molecule has 2 aliphatic carbocycles. The zero-order valence-electron chi connectivity index (χ0n) is 13.5. The Morgan fingerprint density at radius 3 is 2.76 bits per heavy atom. The minimum Gasteiger partial charge on any atom is -0.371 e. The van der Waals surface area contributed by atoms with Crippen LogP contribution in [0.15, 0.2) is 0 Å². The average molecular weight is 307 g/mol. The molecular formula is C17H25NO2S. The van der Waals surface area contributed by atoms with Gasteiger partial charge in [-0.25, -0.2) is 4.98 Å². The number of methoxy groups -OCH3 is 1. The number of Topliss-reactive ketones (excluding diaryl/α,β-unsaturated/α-hetero) is 1. The third-order valence-corrected chi connectivity index (χ3v) is 6.30. The van der Waals surface area contributed by atoms with Gasteiger partial charge in [0.2, 0.25) is 0 Å². The van der Waals surface area contributed by atoms with Crippen molar-refractivity contribution < 1.29 is 9.53 Å². The summed E-state index contributed by atoms with van der Waals surface area (Å²) in [5.74, 6) is 0.923. The SMILES string of the molecule is COC1(c2nc3c(s2)C(=O)CC(C)(C)C3)CCCC(C)C1. The molecule has 3 nitrogen and oxygen atoms in total. The topological polar surface area (TPSA) is 39.2 Å². The lowest BCUT2D eigenvalue weighted by Gasteiger charge is -2.37. The Hall–Kier alpha value is -0.740. The molecule has 1 saturated carbocycles. The van der Waals surface area contributed by atoms with Crippen molar-refractivity contribution in [3.05, 3.63) is 15.6 Å². The number of fused-ring (bicyclic) bond motifs is 1. The van der Waals surface area contributed by atoms with Crippen molar-refractivity contribution in [3.63, 3.8) is 0 Å². The van der Waals surface area contributed by atoms with Crippen LogP contribution >= 0.6 is 11.3 Å². The van der Waals surface area contributed by atoms with Crippen LogP contribution in [0.5, 0.6) is 0 Å². The van der Waals surface area contributed by atoms with Crippen LogP contribution in [0.2, 0.25) is 0 Å². The maximum atomic E-state index is 12.4. The number of aromatic nitrogens is 1. The molecule has 0 radical (unpaired) electrons. The number of hydrogen-bond acceptors (Lipinski definition) is 4. The van der Waals surface area contributed by atoms with Crippen LogP contribution in [0.3, 0.4) is 0 Å². The predicted octanol–water partition coefficient (Wildman–Crippen LogP) is 4.35. The van der Waals surface area contributed by atoms with Crippen LogP contribution in [0.25, 0.3) is 0 Å². The molecule has 2 aliphatic rings. The molecule has 1 fully saturated rings. The average Bonchev–Trinajstić information content (AvgIpc) is 2.81. The van der Waals surface area contributed by atoms with Crippen molar-refractivity contribution in [2.45, 2.75) is 64.9 Å². The molecule has 0 saturated heterocycles. The van der Waals surface area contributed by atoms with Gasteiger partial charge in [-0.3, -0.25) is 4.79 Å². The summed E-state index contributed by atoms with van der Waals surface area (Å²) < 4.78 is 5.94. The van der Waals surface area contributed by atoms with Gasteiger partial charge in [-0.1, -0.05) is 27.2 Å². The van der Waals surface area contributed by atoms with Gasteiger partial charge in [-0.15, -0.1) is 11.3 Å². The fourth-order valence-corrected chi connectivity index (χ4v) is 5.11. The van der Waals surface area contributed by atoms with E-state index in [0.717, 1.165) is 34.8 Å². The number of nitrogens with zero attached hydrogens (tertiary/aromatic N) is 1. The summed E-state index contributed by atoms with van der Waals surface area (Å²) in [5.41, 5.74) is 0.783. The highest BCUT2D eigenvalue weighted by molar-refractivity contribution is 7.14.